The van der Waals surface area contributed by atoms with Gasteiger partial charge in [0.05, 0.1) is 25.2 Å². The molecule has 2 heterocycles. The highest BCUT2D eigenvalue weighted by Gasteiger charge is 2.13. The van der Waals surface area contributed by atoms with E-state index in [9.17, 15) is 9.59 Å². The van der Waals surface area contributed by atoms with Gasteiger partial charge in [0.1, 0.15) is 17.6 Å². The minimum Gasteiger partial charge on any atom is -0.493 e. The Kier molecular flexibility index (Phi) is 6.95. The van der Waals surface area contributed by atoms with E-state index in [0.717, 1.165) is 6.42 Å². The van der Waals surface area contributed by atoms with Gasteiger partial charge >= 0.3 is 0 Å². The zero-order chi connectivity index (χ0) is 23.2. The highest BCUT2D eigenvalue weighted by Crippen LogP contribution is 2.32. The predicted octanol–water partition coefficient (Wildman–Crippen LogP) is 4.28. The summed E-state index contributed by atoms with van der Waals surface area (Å²) in [6.07, 6.45) is 2.19. The van der Waals surface area contributed by atoms with Crippen LogP contribution in [-0.2, 0) is 11.2 Å². The van der Waals surface area contributed by atoms with Gasteiger partial charge < -0.3 is 23.9 Å². The summed E-state index contributed by atoms with van der Waals surface area (Å²) in [7, 11) is 3.09. The summed E-state index contributed by atoms with van der Waals surface area (Å²) in [4.78, 5) is 26.3. The molecule has 33 heavy (non-hydrogen) atoms. The molecule has 2 aromatic carbocycles. The van der Waals surface area contributed by atoms with Crippen LogP contribution in [0.25, 0.3) is 22.1 Å². The van der Waals surface area contributed by atoms with Crippen molar-refractivity contribution in [2.45, 2.75) is 6.42 Å². The van der Waals surface area contributed by atoms with Crippen molar-refractivity contribution in [2.24, 2.45) is 0 Å². The summed E-state index contributed by atoms with van der Waals surface area (Å²) < 4.78 is 21.9. The highest BCUT2D eigenvalue weighted by atomic mass is 32.1. The number of carbonyl (C=O) groups is 1. The van der Waals surface area contributed by atoms with Crippen molar-refractivity contribution in [1.82, 2.24) is 5.32 Å². The second kappa shape index (κ2) is 10.2. The maximum atomic E-state index is 13.0. The Hall–Kier alpha value is -3.78. The summed E-state index contributed by atoms with van der Waals surface area (Å²) in [5.74, 6) is 1.32. The maximum absolute atomic E-state index is 13.0. The Bertz CT molecular complexity index is 1310. The number of nitrogens with one attached hydrogen (secondary N) is 1. The summed E-state index contributed by atoms with van der Waals surface area (Å²) in [6, 6.07) is 14.1. The molecule has 1 amide bonds. The van der Waals surface area contributed by atoms with Gasteiger partial charge in [-0.3, -0.25) is 9.59 Å². The topological polar surface area (TPSA) is 87.0 Å². The monoisotopic (exact) mass is 465 g/mol. The van der Waals surface area contributed by atoms with Gasteiger partial charge in [-0.2, -0.15) is 0 Å². The van der Waals surface area contributed by atoms with Crippen LogP contribution in [0, 0.1) is 0 Å². The molecule has 0 atom stereocenters. The third-order valence-electron chi connectivity index (χ3n) is 5.08. The second-order valence-corrected chi connectivity index (χ2v) is 8.21. The molecule has 0 spiro atoms. The summed E-state index contributed by atoms with van der Waals surface area (Å²) in [5, 5.41) is 5.25. The Labute approximate surface area is 194 Å². The van der Waals surface area contributed by atoms with Gasteiger partial charge in [0, 0.05) is 17.5 Å². The van der Waals surface area contributed by atoms with E-state index in [2.05, 4.69) is 5.32 Å². The Balaban J connectivity index is 1.44. The molecule has 170 valence electrons. The van der Waals surface area contributed by atoms with Crippen LogP contribution in [0.1, 0.15) is 4.88 Å². The Morgan fingerprint density at radius 1 is 1.06 bits per heavy atom. The first-order chi connectivity index (χ1) is 16.1. The highest BCUT2D eigenvalue weighted by molar-refractivity contribution is 7.09. The minimum absolute atomic E-state index is 0.121. The number of hydrogen-bond donors (Lipinski definition) is 1. The molecule has 4 rings (SSSR count). The van der Waals surface area contributed by atoms with Crippen molar-refractivity contribution in [2.75, 3.05) is 27.4 Å². The zero-order valence-corrected chi connectivity index (χ0v) is 19.1. The fourth-order valence-electron chi connectivity index (χ4n) is 3.38. The van der Waals surface area contributed by atoms with Crippen LogP contribution < -0.4 is 25.0 Å². The fraction of sp³-hybridized carbons (Fsp3) is 0.200. The molecule has 0 unspecified atom stereocenters. The summed E-state index contributed by atoms with van der Waals surface area (Å²) in [5.41, 5.74) is 1.26. The molecule has 0 aliphatic heterocycles. The normalized spacial score (nSPS) is 10.7. The lowest BCUT2D eigenvalue weighted by molar-refractivity contribution is -0.123. The molecule has 8 heteroatoms. The van der Waals surface area contributed by atoms with Crippen LogP contribution in [-0.4, -0.2) is 33.3 Å². The van der Waals surface area contributed by atoms with Crippen molar-refractivity contribution in [3.05, 3.63) is 75.3 Å². The maximum Gasteiger partial charge on any atom is 0.257 e. The first-order valence-corrected chi connectivity index (χ1v) is 11.2. The quantitative estimate of drug-likeness (QED) is 0.397. The van der Waals surface area contributed by atoms with Crippen LogP contribution in [0.5, 0.6) is 17.2 Å². The van der Waals surface area contributed by atoms with Gasteiger partial charge in [0.25, 0.3) is 5.91 Å². The van der Waals surface area contributed by atoms with Gasteiger partial charge in [0.15, 0.2) is 23.5 Å². The van der Waals surface area contributed by atoms with Crippen molar-refractivity contribution in [3.8, 4) is 28.4 Å². The van der Waals surface area contributed by atoms with E-state index in [1.165, 1.54) is 18.3 Å². The molecular formula is C25H23NO6S. The predicted molar refractivity (Wildman–Crippen MR) is 128 cm³/mol. The lowest BCUT2D eigenvalue weighted by atomic mass is 10.0. The third kappa shape index (κ3) is 5.18. The molecule has 0 aliphatic carbocycles. The first kappa shape index (κ1) is 22.4. The molecule has 0 radical (unpaired) electrons. The molecular weight excluding hydrogens is 442 g/mol. The van der Waals surface area contributed by atoms with E-state index in [4.69, 9.17) is 18.6 Å². The second-order valence-electron chi connectivity index (χ2n) is 7.17. The van der Waals surface area contributed by atoms with Gasteiger partial charge in [0.2, 0.25) is 0 Å². The average Bonchev–Trinajstić information content (AvgIpc) is 3.36. The van der Waals surface area contributed by atoms with Crippen LogP contribution >= 0.6 is 11.3 Å². The summed E-state index contributed by atoms with van der Waals surface area (Å²) >= 11 is 1.66. The van der Waals surface area contributed by atoms with Crippen molar-refractivity contribution >= 4 is 28.2 Å². The van der Waals surface area contributed by atoms with Gasteiger partial charge in [-0.25, -0.2) is 0 Å². The summed E-state index contributed by atoms with van der Waals surface area (Å²) in [6.45, 7) is 0.429. The standard InChI is InChI=1S/C25H23NO6S/c1-29-21-8-5-16(12-23(21)30-2)20-14-32-22-13-17(6-7-19(22)25(20)28)31-15-24(27)26-10-9-18-4-3-11-33-18/h3-8,11-14H,9-10,15H2,1-2H3,(H,26,27). The molecule has 1 N–H and O–H groups in total. The molecule has 0 fully saturated rings. The minimum atomic E-state index is -0.211. The van der Waals surface area contributed by atoms with Crippen LogP contribution in [0.3, 0.4) is 0 Å². The molecule has 0 aliphatic rings. The third-order valence-corrected chi connectivity index (χ3v) is 6.02. The van der Waals surface area contributed by atoms with Crippen LogP contribution in [0.15, 0.2) is 69.4 Å². The number of thiophene rings is 1. The van der Waals surface area contributed by atoms with Crippen molar-refractivity contribution < 1.29 is 23.4 Å². The van der Waals surface area contributed by atoms with Gasteiger partial charge in [-0.05, 0) is 47.7 Å². The first-order valence-electron chi connectivity index (χ1n) is 10.3. The average molecular weight is 466 g/mol. The molecule has 0 saturated heterocycles. The molecule has 0 saturated carbocycles. The largest absolute Gasteiger partial charge is 0.493 e. The van der Waals surface area contributed by atoms with Crippen molar-refractivity contribution in [3.63, 3.8) is 0 Å². The fourth-order valence-corrected chi connectivity index (χ4v) is 4.09. The Morgan fingerprint density at radius 2 is 1.91 bits per heavy atom. The van der Waals surface area contributed by atoms with Gasteiger partial charge in [-0.1, -0.05) is 12.1 Å². The Morgan fingerprint density at radius 3 is 2.67 bits per heavy atom. The van der Waals surface area contributed by atoms with E-state index in [1.807, 2.05) is 17.5 Å². The lowest BCUT2D eigenvalue weighted by Crippen LogP contribution is -2.30. The SMILES string of the molecule is COc1ccc(-c2coc3cc(OCC(=O)NCCc4cccs4)ccc3c2=O)cc1OC. The molecule has 7 nitrogen and oxygen atoms in total. The molecule has 2 aromatic heterocycles. The van der Waals surface area contributed by atoms with E-state index in [0.29, 0.717) is 45.9 Å². The van der Waals surface area contributed by atoms with Crippen LogP contribution in [0.2, 0.25) is 0 Å². The smallest absolute Gasteiger partial charge is 0.257 e. The number of benzene rings is 2. The zero-order valence-electron chi connectivity index (χ0n) is 18.3. The van der Waals surface area contributed by atoms with E-state index < -0.39 is 0 Å². The molecule has 4 aromatic rings. The van der Waals surface area contributed by atoms with E-state index >= 15 is 0 Å². The number of fused-ring (bicyclic) bond motifs is 1. The number of amides is 1. The van der Waals surface area contributed by atoms with Crippen molar-refractivity contribution in [1.29, 1.82) is 0 Å². The van der Waals surface area contributed by atoms with E-state index in [-0.39, 0.29) is 17.9 Å². The number of carbonyl (C=O) groups excluding carboxylic acids is 1. The lowest BCUT2D eigenvalue weighted by Gasteiger charge is -2.10. The number of methoxy groups -OCH3 is 2. The number of rotatable bonds is 9. The number of hydrogen-bond acceptors (Lipinski definition) is 7. The van der Waals surface area contributed by atoms with Crippen LogP contribution in [0.4, 0.5) is 0 Å². The number of ether oxygens (including phenoxy) is 3. The van der Waals surface area contributed by atoms with Gasteiger partial charge in [-0.15, -0.1) is 11.3 Å². The molecule has 0 bridgehead atoms. The van der Waals surface area contributed by atoms with E-state index in [1.54, 1.807) is 54.8 Å².